The summed E-state index contributed by atoms with van der Waals surface area (Å²) >= 11 is 1.40. The predicted octanol–water partition coefficient (Wildman–Crippen LogP) is 2.34. The van der Waals surface area contributed by atoms with Gasteiger partial charge in [0.2, 0.25) is 0 Å². The van der Waals surface area contributed by atoms with Crippen LogP contribution in [0, 0.1) is 0 Å². The maximum atomic E-state index is 12.2. The van der Waals surface area contributed by atoms with Crippen molar-refractivity contribution < 1.29 is 4.79 Å². The van der Waals surface area contributed by atoms with Crippen LogP contribution in [0.1, 0.15) is 20.8 Å². The molecule has 3 rings (SSSR count). The van der Waals surface area contributed by atoms with Gasteiger partial charge in [0, 0.05) is 13.1 Å². The van der Waals surface area contributed by atoms with Gasteiger partial charge < -0.3 is 4.90 Å². The number of rotatable bonds is 1. The van der Waals surface area contributed by atoms with Crippen LogP contribution in [0.4, 0.5) is 0 Å². The lowest BCUT2D eigenvalue weighted by molar-refractivity contribution is 0.0739. The predicted molar refractivity (Wildman–Crippen MR) is 67.0 cm³/mol. The third-order valence-corrected chi connectivity index (χ3v) is 3.82. The SMILES string of the molecule is O=C(c1cncs1)N1CCc2ccccc2C1. The van der Waals surface area contributed by atoms with E-state index in [-0.39, 0.29) is 5.91 Å². The van der Waals surface area contributed by atoms with Gasteiger partial charge >= 0.3 is 0 Å². The molecule has 0 radical (unpaired) electrons. The summed E-state index contributed by atoms with van der Waals surface area (Å²) in [6, 6.07) is 8.32. The molecule has 0 atom stereocenters. The Balaban J connectivity index is 1.83. The van der Waals surface area contributed by atoms with Gasteiger partial charge in [-0.1, -0.05) is 24.3 Å². The van der Waals surface area contributed by atoms with E-state index in [4.69, 9.17) is 0 Å². The van der Waals surface area contributed by atoms with Gasteiger partial charge in [0.05, 0.1) is 11.7 Å². The molecule has 2 heterocycles. The molecule has 0 spiro atoms. The number of nitrogens with zero attached hydrogens (tertiary/aromatic N) is 2. The van der Waals surface area contributed by atoms with E-state index in [2.05, 4.69) is 23.2 Å². The average molecular weight is 244 g/mol. The quantitative estimate of drug-likeness (QED) is 0.771. The molecule has 1 aromatic carbocycles. The van der Waals surface area contributed by atoms with Crippen LogP contribution < -0.4 is 0 Å². The Morgan fingerprint density at radius 1 is 1.29 bits per heavy atom. The number of aromatic nitrogens is 1. The van der Waals surface area contributed by atoms with Gasteiger partial charge in [-0.3, -0.25) is 9.78 Å². The third-order valence-electron chi connectivity index (χ3n) is 3.06. The second-order valence-corrected chi connectivity index (χ2v) is 5.00. The molecule has 17 heavy (non-hydrogen) atoms. The fraction of sp³-hybridized carbons (Fsp3) is 0.231. The highest BCUT2D eigenvalue weighted by atomic mass is 32.1. The first kappa shape index (κ1) is 10.5. The summed E-state index contributed by atoms with van der Waals surface area (Å²) in [7, 11) is 0. The number of amides is 1. The third kappa shape index (κ3) is 1.96. The molecule has 3 nitrogen and oxygen atoms in total. The summed E-state index contributed by atoms with van der Waals surface area (Å²) in [5.74, 6) is 0.0991. The molecular weight excluding hydrogens is 232 g/mol. The molecular formula is C13H12N2OS. The lowest BCUT2D eigenvalue weighted by Gasteiger charge is -2.28. The Kier molecular flexibility index (Phi) is 2.65. The van der Waals surface area contributed by atoms with Crippen LogP contribution in [0.15, 0.2) is 36.0 Å². The van der Waals surface area contributed by atoms with E-state index in [1.165, 1.54) is 22.5 Å². The van der Waals surface area contributed by atoms with Crippen LogP contribution in [0.25, 0.3) is 0 Å². The van der Waals surface area contributed by atoms with Gasteiger partial charge in [-0.05, 0) is 17.5 Å². The van der Waals surface area contributed by atoms with Crippen LogP contribution in [-0.2, 0) is 13.0 Å². The van der Waals surface area contributed by atoms with Crippen molar-refractivity contribution in [3.05, 3.63) is 52.0 Å². The summed E-state index contributed by atoms with van der Waals surface area (Å²) in [5, 5.41) is 0. The van der Waals surface area contributed by atoms with Crippen molar-refractivity contribution in [1.29, 1.82) is 0 Å². The number of carbonyl (C=O) groups excluding carboxylic acids is 1. The van der Waals surface area contributed by atoms with Gasteiger partial charge in [0.15, 0.2) is 0 Å². The molecule has 0 aliphatic carbocycles. The first-order valence-electron chi connectivity index (χ1n) is 5.59. The van der Waals surface area contributed by atoms with Crippen LogP contribution in [-0.4, -0.2) is 22.3 Å². The number of hydrogen-bond donors (Lipinski definition) is 0. The summed E-state index contributed by atoms with van der Waals surface area (Å²) < 4.78 is 0. The Morgan fingerprint density at radius 2 is 2.12 bits per heavy atom. The zero-order valence-corrected chi connectivity index (χ0v) is 10.1. The van der Waals surface area contributed by atoms with E-state index < -0.39 is 0 Å². The molecule has 1 amide bonds. The molecule has 0 N–H and O–H groups in total. The first-order chi connectivity index (χ1) is 8.34. The molecule has 0 saturated carbocycles. The van der Waals surface area contributed by atoms with Crippen molar-refractivity contribution in [3.63, 3.8) is 0 Å². The van der Waals surface area contributed by atoms with Crippen LogP contribution in [0.2, 0.25) is 0 Å². The minimum atomic E-state index is 0.0991. The maximum Gasteiger partial charge on any atom is 0.265 e. The average Bonchev–Trinajstić information content (AvgIpc) is 2.91. The van der Waals surface area contributed by atoms with E-state index in [0.29, 0.717) is 6.54 Å². The normalized spacial score (nSPS) is 14.5. The van der Waals surface area contributed by atoms with Crippen LogP contribution in [0.3, 0.4) is 0 Å². The van der Waals surface area contributed by atoms with Crippen molar-refractivity contribution in [2.45, 2.75) is 13.0 Å². The number of fused-ring (bicyclic) bond motifs is 1. The number of thiazole rings is 1. The van der Waals surface area contributed by atoms with Crippen molar-refractivity contribution >= 4 is 17.2 Å². The second kappa shape index (κ2) is 4.30. The zero-order chi connectivity index (χ0) is 11.7. The molecule has 0 fully saturated rings. The fourth-order valence-electron chi connectivity index (χ4n) is 2.15. The number of hydrogen-bond acceptors (Lipinski definition) is 3. The Hall–Kier alpha value is -1.68. The lowest BCUT2D eigenvalue weighted by atomic mass is 10.00. The second-order valence-electron chi connectivity index (χ2n) is 4.11. The monoisotopic (exact) mass is 244 g/mol. The van der Waals surface area contributed by atoms with Crippen molar-refractivity contribution in [3.8, 4) is 0 Å². The number of carbonyl (C=O) groups is 1. The standard InChI is InChI=1S/C13H12N2OS/c16-13(12-7-14-9-17-12)15-6-5-10-3-1-2-4-11(10)8-15/h1-4,7,9H,5-6,8H2. The zero-order valence-electron chi connectivity index (χ0n) is 9.30. The minimum absolute atomic E-state index is 0.0991. The maximum absolute atomic E-state index is 12.2. The highest BCUT2D eigenvalue weighted by Gasteiger charge is 2.22. The molecule has 1 aliphatic heterocycles. The van der Waals surface area contributed by atoms with E-state index in [9.17, 15) is 4.79 Å². The Labute approximate surface area is 104 Å². The van der Waals surface area contributed by atoms with Gasteiger partial charge in [0.1, 0.15) is 4.88 Å². The summed E-state index contributed by atoms with van der Waals surface area (Å²) in [4.78, 5) is 18.7. The summed E-state index contributed by atoms with van der Waals surface area (Å²) in [5.41, 5.74) is 4.32. The molecule has 1 aromatic heterocycles. The Morgan fingerprint density at radius 3 is 2.88 bits per heavy atom. The first-order valence-corrected chi connectivity index (χ1v) is 6.47. The molecule has 0 unspecified atom stereocenters. The molecule has 4 heteroatoms. The summed E-state index contributed by atoms with van der Waals surface area (Å²) in [6.07, 6.45) is 2.59. The van der Waals surface area contributed by atoms with Gasteiger partial charge in [0.25, 0.3) is 5.91 Å². The van der Waals surface area contributed by atoms with Gasteiger partial charge in [-0.25, -0.2) is 0 Å². The highest BCUT2D eigenvalue weighted by molar-refractivity contribution is 7.11. The van der Waals surface area contributed by atoms with E-state index in [0.717, 1.165) is 17.8 Å². The highest BCUT2D eigenvalue weighted by Crippen LogP contribution is 2.21. The Bertz CT molecular complexity index is 536. The molecule has 0 saturated heterocycles. The van der Waals surface area contributed by atoms with Crippen molar-refractivity contribution in [2.75, 3.05) is 6.54 Å². The van der Waals surface area contributed by atoms with Crippen molar-refractivity contribution in [2.24, 2.45) is 0 Å². The molecule has 0 bridgehead atoms. The van der Waals surface area contributed by atoms with Crippen LogP contribution in [0.5, 0.6) is 0 Å². The fourth-order valence-corrected chi connectivity index (χ4v) is 2.73. The smallest absolute Gasteiger partial charge is 0.265 e. The van der Waals surface area contributed by atoms with E-state index in [1.807, 2.05) is 11.0 Å². The lowest BCUT2D eigenvalue weighted by Crippen LogP contribution is -2.35. The summed E-state index contributed by atoms with van der Waals surface area (Å²) in [6.45, 7) is 1.51. The molecule has 1 aliphatic rings. The van der Waals surface area contributed by atoms with Crippen LogP contribution >= 0.6 is 11.3 Å². The van der Waals surface area contributed by atoms with Crippen molar-refractivity contribution in [1.82, 2.24) is 9.88 Å². The molecule has 86 valence electrons. The molecule has 2 aromatic rings. The minimum Gasteiger partial charge on any atom is -0.333 e. The van der Waals surface area contributed by atoms with E-state index >= 15 is 0 Å². The van der Waals surface area contributed by atoms with E-state index in [1.54, 1.807) is 11.7 Å². The van der Waals surface area contributed by atoms with Gasteiger partial charge in [-0.15, -0.1) is 11.3 Å². The largest absolute Gasteiger partial charge is 0.333 e. The number of benzene rings is 1. The topological polar surface area (TPSA) is 33.2 Å². The van der Waals surface area contributed by atoms with Gasteiger partial charge in [-0.2, -0.15) is 0 Å².